The van der Waals surface area contributed by atoms with Gasteiger partial charge < -0.3 is 10.8 Å². The third-order valence-corrected chi connectivity index (χ3v) is 1.85. The summed E-state index contributed by atoms with van der Waals surface area (Å²) < 4.78 is 0. The molecule has 0 aromatic carbocycles. The molecule has 1 saturated heterocycles. The minimum Gasteiger partial charge on any atom is -0.392 e. The zero-order chi connectivity index (χ0) is 7.72. The Kier molecular flexibility index (Phi) is 1.92. The van der Waals surface area contributed by atoms with E-state index < -0.39 is 0 Å². The zero-order valence-electron chi connectivity index (χ0n) is 5.95. The lowest BCUT2D eigenvalue weighted by molar-refractivity contribution is -0.121. The Morgan fingerprint density at radius 1 is 1.80 bits per heavy atom. The molecule has 58 valence electrons. The Morgan fingerprint density at radius 2 is 2.40 bits per heavy atom. The van der Waals surface area contributed by atoms with Crippen molar-refractivity contribution in [3.8, 4) is 0 Å². The molecule has 10 heavy (non-hydrogen) atoms. The van der Waals surface area contributed by atoms with Gasteiger partial charge in [0, 0.05) is 6.54 Å². The lowest BCUT2D eigenvalue weighted by Crippen LogP contribution is -2.37. The van der Waals surface area contributed by atoms with Gasteiger partial charge in [0.15, 0.2) is 0 Å². The summed E-state index contributed by atoms with van der Waals surface area (Å²) in [5.74, 6) is -0.348. The van der Waals surface area contributed by atoms with Crippen molar-refractivity contribution in [2.45, 2.75) is 18.6 Å². The van der Waals surface area contributed by atoms with Gasteiger partial charge in [0.25, 0.3) is 0 Å². The van der Waals surface area contributed by atoms with Crippen molar-refractivity contribution >= 4 is 5.91 Å². The van der Waals surface area contributed by atoms with Crippen LogP contribution >= 0.6 is 0 Å². The highest BCUT2D eigenvalue weighted by molar-refractivity contribution is 5.80. The average Bonchev–Trinajstić information content (AvgIpc) is 2.10. The second-order valence-electron chi connectivity index (χ2n) is 2.75. The predicted molar refractivity (Wildman–Crippen MR) is 36.2 cm³/mol. The number of nitrogens with zero attached hydrogens (tertiary/aromatic N) is 1. The van der Waals surface area contributed by atoms with Crippen LogP contribution < -0.4 is 5.73 Å². The first-order valence-electron chi connectivity index (χ1n) is 3.29. The van der Waals surface area contributed by atoms with E-state index in [1.807, 2.05) is 0 Å². The molecule has 1 fully saturated rings. The second kappa shape index (κ2) is 2.56. The molecule has 0 radical (unpaired) electrons. The van der Waals surface area contributed by atoms with E-state index in [1.165, 1.54) is 0 Å². The summed E-state index contributed by atoms with van der Waals surface area (Å²) in [5, 5.41) is 9.07. The van der Waals surface area contributed by atoms with Gasteiger partial charge in [-0.05, 0) is 13.5 Å². The fourth-order valence-electron chi connectivity index (χ4n) is 1.31. The third kappa shape index (κ3) is 1.27. The van der Waals surface area contributed by atoms with Gasteiger partial charge in [-0.1, -0.05) is 0 Å². The summed E-state index contributed by atoms with van der Waals surface area (Å²) in [7, 11) is 1.78. The molecule has 0 aromatic heterocycles. The van der Waals surface area contributed by atoms with Gasteiger partial charge in [-0.2, -0.15) is 0 Å². The van der Waals surface area contributed by atoms with Crippen molar-refractivity contribution < 1.29 is 9.90 Å². The summed E-state index contributed by atoms with van der Waals surface area (Å²) in [6, 6.07) is -0.269. The Morgan fingerprint density at radius 3 is 2.60 bits per heavy atom. The van der Waals surface area contributed by atoms with Gasteiger partial charge in [-0.25, -0.2) is 0 Å². The first-order valence-corrected chi connectivity index (χ1v) is 3.29. The summed E-state index contributed by atoms with van der Waals surface area (Å²) >= 11 is 0. The smallest absolute Gasteiger partial charge is 0.234 e. The Balaban J connectivity index is 2.54. The maximum absolute atomic E-state index is 10.6. The van der Waals surface area contributed by atoms with E-state index in [2.05, 4.69) is 0 Å². The van der Waals surface area contributed by atoms with Crippen LogP contribution in [0, 0.1) is 0 Å². The van der Waals surface area contributed by atoms with Crippen LogP contribution in [-0.2, 0) is 4.79 Å². The first kappa shape index (κ1) is 7.50. The number of amides is 1. The molecule has 0 spiro atoms. The van der Waals surface area contributed by atoms with E-state index >= 15 is 0 Å². The van der Waals surface area contributed by atoms with Crippen LogP contribution in [0.25, 0.3) is 0 Å². The standard InChI is InChI=1S/C6H12N2O2/c1-8-3-4(9)2-5(8)6(7)10/h4-5,9H,2-3H2,1H3,(H2,7,10)/t4-,5+/m0/s1. The fourth-order valence-corrected chi connectivity index (χ4v) is 1.31. The molecule has 0 saturated carbocycles. The number of likely N-dealkylation sites (N-methyl/N-ethyl adjacent to an activating group) is 1. The Labute approximate surface area is 59.6 Å². The van der Waals surface area contributed by atoms with E-state index in [9.17, 15) is 4.79 Å². The zero-order valence-corrected chi connectivity index (χ0v) is 5.95. The first-order chi connectivity index (χ1) is 4.61. The van der Waals surface area contributed by atoms with Crippen LogP contribution in [0.15, 0.2) is 0 Å². The molecule has 3 N–H and O–H groups in total. The monoisotopic (exact) mass is 144 g/mol. The number of primary amides is 1. The van der Waals surface area contributed by atoms with E-state index in [-0.39, 0.29) is 18.1 Å². The van der Waals surface area contributed by atoms with E-state index in [0.29, 0.717) is 13.0 Å². The number of nitrogens with two attached hydrogens (primary N) is 1. The van der Waals surface area contributed by atoms with Gasteiger partial charge in [-0.15, -0.1) is 0 Å². The Bertz CT molecular complexity index is 149. The molecule has 1 amide bonds. The molecule has 1 aliphatic rings. The maximum Gasteiger partial charge on any atom is 0.234 e. The molecular weight excluding hydrogens is 132 g/mol. The van der Waals surface area contributed by atoms with Crippen molar-refractivity contribution in [3.63, 3.8) is 0 Å². The van der Waals surface area contributed by atoms with E-state index in [4.69, 9.17) is 10.8 Å². The van der Waals surface area contributed by atoms with Gasteiger partial charge in [0.1, 0.15) is 0 Å². The van der Waals surface area contributed by atoms with Crippen molar-refractivity contribution in [3.05, 3.63) is 0 Å². The molecule has 0 aliphatic carbocycles. The van der Waals surface area contributed by atoms with Crippen LogP contribution in [-0.4, -0.2) is 41.7 Å². The number of hydrogen-bond donors (Lipinski definition) is 2. The number of hydrogen-bond acceptors (Lipinski definition) is 3. The number of rotatable bonds is 1. The van der Waals surface area contributed by atoms with Crippen molar-refractivity contribution in [1.29, 1.82) is 0 Å². The molecule has 4 heteroatoms. The van der Waals surface area contributed by atoms with E-state index in [1.54, 1.807) is 11.9 Å². The van der Waals surface area contributed by atoms with Gasteiger partial charge in [-0.3, -0.25) is 9.69 Å². The third-order valence-electron chi connectivity index (χ3n) is 1.85. The molecule has 1 aliphatic heterocycles. The maximum atomic E-state index is 10.6. The summed E-state index contributed by atoms with van der Waals surface area (Å²) in [5.41, 5.74) is 5.06. The Hall–Kier alpha value is -0.610. The van der Waals surface area contributed by atoms with Crippen molar-refractivity contribution in [2.75, 3.05) is 13.6 Å². The molecule has 2 atom stereocenters. The highest BCUT2D eigenvalue weighted by Gasteiger charge is 2.31. The van der Waals surface area contributed by atoms with Gasteiger partial charge >= 0.3 is 0 Å². The molecule has 0 bridgehead atoms. The SMILES string of the molecule is CN1C[C@@H](O)C[C@@H]1C(N)=O. The predicted octanol–water partition coefficient (Wildman–Crippen LogP) is -1.46. The largest absolute Gasteiger partial charge is 0.392 e. The fraction of sp³-hybridized carbons (Fsp3) is 0.833. The number of aliphatic hydroxyl groups is 1. The minimum absolute atomic E-state index is 0.269. The number of carbonyl (C=O) groups excluding carboxylic acids is 1. The molecular formula is C6H12N2O2. The average molecular weight is 144 g/mol. The molecule has 1 rings (SSSR count). The van der Waals surface area contributed by atoms with Crippen LogP contribution in [0.2, 0.25) is 0 Å². The lowest BCUT2D eigenvalue weighted by Gasteiger charge is -2.13. The number of β-amino-alcohol motifs (C(OH)–C–C–N with tert-alkyl or cyclic N) is 1. The number of aliphatic hydroxyl groups excluding tert-OH is 1. The van der Waals surface area contributed by atoms with Crippen LogP contribution in [0.4, 0.5) is 0 Å². The molecule has 0 unspecified atom stereocenters. The van der Waals surface area contributed by atoms with Crippen LogP contribution in [0.1, 0.15) is 6.42 Å². The quantitative estimate of drug-likeness (QED) is 0.472. The van der Waals surface area contributed by atoms with Crippen molar-refractivity contribution in [2.24, 2.45) is 5.73 Å². The number of likely N-dealkylation sites (tertiary alicyclic amines) is 1. The normalized spacial score (nSPS) is 34.6. The summed E-state index contributed by atoms with van der Waals surface area (Å²) in [6.07, 6.45) is 0.0914. The highest BCUT2D eigenvalue weighted by Crippen LogP contribution is 2.14. The molecule has 1 heterocycles. The summed E-state index contributed by atoms with van der Waals surface area (Å²) in [4.78, 5) is 12.4. The lowest BCUT2D eigenvalue weighted by atomic mass is 10.2. The van der Waals surface area contributed by atoms with Gasteiger partial charge in [0.2, 0.25) is 5.91 Å². The van der Waals surface area contributed by atoms with Crippen LogP contribution in [0.3, 0.4) is 0 Å². The van der Waals surface area contributed by atoms with E-state index in [0.717, 1.165) is 0 Å². The highest BCUT2D eigenvalue weighted by atomic mass is 16.3. The molecule has 4 nitrogen and oxygen atoms in total. The van der Waals surface area contributed by atoms with Crippen LogP contribution in [0.5, 0.6) is 0 Å². The minimum atomic E-state index is -0.387. The molecule has 0 aromatic rings. The van der Waals surface area contributed by atoms with Gasteiger partial charge in [0.05, 0.1) is 12.1 Å². The van der Waals surface area contributed by atoms with Crippen molar-refractivity contribution in [1.82, 2.24) is 4.90 Å². The second-order valence-corrected chi connectivity index (χ2v) is 2.75. The summed E-state index contributed by atoms with van der Waals surface area (Å²) in [6.45, 7) is 0.549. The number of carbonyl (C=O) groups is 1. The topological polar surface area (TPSA) is 66.6 Å².